The van der Waals surface area contributed by atoms with Gasteiger partial charge in [-0.05, 0) is 36.8 Å². The lowest BCUT2D eigenvalue weighted by atomic mass is 10.1. The van der Waals surface area contributed by atoms with Crippen LogP contribution < -0.4 is 5.32 Å². The molecule has 0 saturated heterocycles. The first kappa shape index (κ1) is 12.8. The van der Waals surface area contributed by atoms with E-state index < -0.39 is 5.82 Å². The van der Waals surface area contributed by atoms with Crippen LogP contribution in [0.5, 0.6) is 0 Å². The van der Waals surface area contributed by atoms with Gasteiger partial charge < -0.3 is 5.32 Å². The Bertz CT molecular complexity index is 674. The summed E-state index contributed by atoms with van der Waals surface area (Å²) in [5.74, 6) is -0.827. The number of nitrogens with zero attached hydrogens (tertiary/aromatic N) is 1. The molecule has 0 fully saturated rings. The zero-order valence-electron chi connectivity index (χ0n) is 10.3. The van der Waals surface area contributed by atoms with Crippen molar-refractivity contribution in [1.29, 1.82) is 5.26 Å². The Morgan fingerprint density at radius 2 is 2.00 bits per heavy atom. The molecule has 0 aliphatic rings. The van der Waals surface area contributed by atoms with Crippen molar-refractivity contribution in [3.8, 4) is 6.07 Å². The number of halogens is 1. The second kappa shape index (κ2) is 5.32. The van der Waals surface area contributed by atoms with Crippen LogP contribution in [-0.2, 0) is 0 Å². The smallest absolute Gasteiger partial charge is 0.255 e. The van der Waals surface area contributed by atoms with E-state index in [0.29, 0.717) is 11.3 Å². The third-order valence-corrected chi connectivity index (χ3v) is 2.74. The van der Waals surface area contributed by atoms with E-state index in [1.54, 1.807) is 12.1 Å². The summed E-state index contributed by atoms with van der Waals surface area (Å²) in [7, 11) is 0. The maximum absolute atomic E-state index is 13.0. The Labute approximate surface area is 110 Å². The lowest BCUT2D eigenvalue weighted by molar-refractivity contribution is 0.102. The van der Waals surface area contributed by atoms with Crippen molar-refractivity contribution in [2.24, 2.45) is 0 Å². The Kier molecular flexibility index (Phi) is 3.58. The Morgan fingerprint density at radius 3 is 2.68 bits per heavy atom. The fourth-order valence-corrected chi connectivity index (χ4v) is 1.74. The molecular weight excluding hydrogens is 243 g/mol. The van der Waals surface area contributed by atoms with Crippen molar-refractivity contribution in [3.63, 3.8) is 0 Å². The molecule has 0 radical (unpaired) electrons. The molecule has 2 aromatic carbocycles. The van der Waals surface area contributed by atoms with E-state index in [1.807, 2.05) is 25.1 Å². The summed E-state index contributed by atoms with van der Waals surface area (Å²) in [6.07, 6.45) is 0. The van der Waals surface area contributed by atoms with Gasteiger partial charge in [-0.25, -0.2) is 4.39 Å². The van der Waals surface area contributed by atoms with Gasteiger partial charge in [-0.15, -0.1) is 0 Å². The first-order valence-corrected chi connectivity index (χ1v) is 5.68. The third kappa shape index (κ3) is 2.78. The van der Waals surface area contributed by atoms with Crippen molar-refractivity contribution in [2.45, 2.75) is 6.92 Å². The van der Waals surface area contributed by atoms with Crippen molar-refractivity contribution < 1.29 is 9.18 Å². The standard InChI is InChI=1S/C15H11FN2O/c1-10-4-2-3-5-13(10)15(19)18-14-7-6-12(16)8-11(14)9-17/h2-8H,1H3,(H,18,19). The molecule has 0 aliphatic heterocycles. The Balaban J connectivity index is 2.30. The van der Waals surface area contributed by atoms with Crippen LogP contribution in [0.25, 0.3) is 0 Å². The first-order chi connectivity index (χ1) is 9.11. The van der Waals surface area contributed by atoms with Crippen molar-refractivity contribution in [1.82, 2.24) is 0 Å². The number of hydrogen-bond acceptors (Lipinski definition) is 2. The number of anilines is 1. The number of amides is 1. The molecule has 0 atom stereocenters. The highest BCUT2D eigenvalue weighted by atomic mass is 19.1. The van der Waals surface area contributed by atoms with E-state index in [0.717, 1.165) is 11.6 Å². The number of carbonyl (C=O) groups is 1. The number of nitriles is 1. The highest BCUT2D eigenvalue weighted by Gasteiger charge is 2.11. The molecule has 1 amide bonds. The van der Waals surface area contributed by atoms with Gasteiger partial charge in [0.2, 0.25) is 0 Å². The average molecular weight is 254 g/mol. The van der Waals surface area contributed by atoms with E-state index in [4.69, 9.17) is 5.26 Å². The van der Waals surface area contributed by atoms with Crippen LogP contribution in [0.4, 0.5) is 10.1 Å². The molecule has 19 heavy (non-hydrogen) atoms. The summed E-state index contributed by atoms with van der Waals surface area (Å²) in [6.45, 7) is 1.82. The van der Waals surface area contributed by atoms with Gasteiger partial charge in [0.15, 0.2) is 0 Å². The van der Waals surface area contributed by atoms with Gasteiger partial charge in [0.05, 0.1) is 11.3 Å². The molecule has 0 bridgehead atoms. The number of benzene rings is 2. The molecule has 2 rings (SSSR count). The van der Waals surface area contributed by atoms with Gasteiger partial charge in [-0.1, -0.05) is 18.2 Å². The number of carbonyl (C=O) groups excluding carboxylic acids is 1. The molecule has 0 spiro atoms. The molecule has 0 unspecified atom stereocenters. The summed E-state index contributed by atoms with van der Waals surface area (Å²) in [5.41, 5.74) is 1.76. The Morgan fingerprint density at radius 1 is 1.26 bits per heavy atom. The van der Waals surface area contributed by atoms with Gasteiger partial charge >= 0.3 is 0 Å². The molecule has 1 N–H and O–H groups in total. The largest absolute Gasteiger partial charge is 0.321 e. The van der Waals surface area contributed by atoms with Gasteiger partial charge in [0.1, 0.15) is 11.9 Å². The summed E-state index contributed by atoms with van der Waals surface area (Å²) in [4.78, 5) is 12.1. The van der Waals surface area contributed by atoms with Crippen molar-refractivity contribution >= 4 is 11.6 Å². The number of hydrogen-bond donors (Lipinski definition) is 1. The molecule has 4 heteroatoms. The van der Waals surface area contributed by atoms with Crippen LogP contribution in [0.2, 0.25) is 0 Å². The second-order valence-electron chi connectivity index (χ2n) is 4.07. The molecule has 0 aromatic heterocycles. The highest BCUT2D eigenvalue weighted by molar-refractivity contribution is 6.05. The Hall–Kier alpha value is -2.67. The molecule has 94 valence electrons. The fourth-order valence-electron chi connectivity index (χ4n) is 1.74. The summed E-state index contributed by atoms with van der Waals surface area (Å²) in [5, 5.41) is 11.5. The predicted molar refractivity (Wildman–Crippen MR) is 70.2 cm³/mol. The van der Waals surface area contributed by atoms with E-state index in [2.05, 4.69) is 5.32 Å². The van der Waals surface area contributed by atoms with Crippen LogP contribution in [0.1, 0.15) is 21.5 Å². The van der Waals surface area contributed by atoms with E-state index in [1.165, 1.54) is 12.1 Å². The highest BCUT2D eigenvalue weighted by Crippen LogP contribution is 2.18. The van der Waals surface area contributed by atoms with E-state index in [9.17, 15) is 9.18 Å². The second-order valence-corrected chi connectivity index (χ2v) is 4.07. The quantitative estimate of drug-likeness (QED) is 0.894. The average Bonchev–Trinajstić information content (AvgIpc) is 2.41. The topological polar surface area (TPSA) is 52.9 Å². The monoisotopic (exact) mass is 254 g/mol. The van der Waals surface area contributed by atoms with Gasteiger partial charge in [-0.3, -0.25) is 4.79 Å². The summed E-state index contributed by atoms with van der Waals surface area (Å²) in [6, 6.07) is 12.6. The van der Waals surface area contributed by atoms with E-state index >= 15 is 0 Å². The third-order valence-electron chi connectivity index (χ3n) is 2.74. The maximum atomic E-state index is 13.0. The molecule has 2 aromatic rings. The molecule has 0 aliphatic carbocycles. The van der Waals surface area contributed by atoms with Crippen LogP contribution >= 0.6 is 0 Å². The number of rotatable bonds is 2. The van der Waals surface area contributed by atoms with Gasteiger partial charge in [-0.2, -0.15) is 5.26 Å². The normalized spacial score (nSPS) is 9.74. The van der Waals surface area contributed by atoms with Crippen LogP contribution in [0.15, 0.2) is 42.5 Å². The molecular formula is C15H11FN2O. The lowest BCUT2D eigenvalue weighted by Crippen LogP contribution is -2.14. The first-order valence-electron chi connectivity index (χ1n) is 5.68. The summed E-state index contributed by atoms with van der Waals surface area (Å²) >= 11 is 0. The van der Waals surface area contributed by atoms with Crippen molar-refractivity contribution in [3.05, 3.63) is 65.0 Å². The SMILES string of the molecule is Cc1ccccc1C(=O)Nc1ccc(F)cc1C#N. The van der Waals surface area contributed by atoms with Crippen LogP contribution in [-0.4, -0.2) is 5.91 Å². The molecule has 0 heterocycles. The zero-order chi connectivity index (χ0) is 13.8. The minimum Gasteiger partial charge on any atom is -0.321 e. The van der Waals surface area contributed by atoms with Gasteiger partial charge in [0, 0.05) is 5.56 Å². The predicted octanol–water partition coefficient (Wildman–Crippen LogP) is 3.26. The van der Waals surface area contributed by atoms with E-state index in [-0.39, 0.29) is 11.5 Å². The fraction of sp³-hybridized carbons (Fsp3) is 0.0667. The summed E-state index contributed by atoms with van der Waals surface area (Å²) < 4.78 is 13.0. The minimum atomic E-state index is -0.509. The number of nitrogens with one attached hydrogen (secondary N) is 1. The molecule has 3 nitrogen and oxygen atoms in total. The van der Waals surface area contributed by atoms with Crippen molar-refractivity contribution in [2.75, 3.05) is 5.32 Å². The van der Waals surface area contributed by atoms with Gasteiger partial charge in [0.25, 0.3) is 5.91 Å². The van der Waals surface area contributed by atoms with Crippen LogP contribution in [0, 0.1) is 24.1 Å². The molecule has 0 saturated carbocycles. The maximum Gasteiger partial charge on any atom is 0.255 e. The zero-order valence-corrected chi connectivity index (χ0v) is 10.3. The lowest BCUT2D eigenvalue weighted by Gasteiger charge is -2.08. The minimum absolute atomic E-state index is 0.0990. The number of aryl methyl sites for hydroxylation is 1. The van der Waals surface area contributed by atoms with Crippen LogP contribution in [0.3, 0.4) is 0 Å².